The van der Waals surface area contributed by atoms with Crippen LogP contribution in [-0.2, 0) is 4.79 Å². The summed E-state index contributed by atoms with van der Waals surface area (Å²) in [7, 11) is 0. The molecule has 0 bridgehead atoms. The van der Waals surface area contributed by atoms with Crippen molar-refractivity contribution >= 4 is 17.4 Å². The van der Waals surface area contributed by atoms with Crippen molar-refractivity contribution in [3.63, 3.8) is 0 Å². The molecule has 1 aromatic rings. The summed E-state index contributed by atoms with van der Waals surface area (Å²) >= 11 is 0. The van der Waals surface area contributed by atoms with E-state index < -0.39 is 0 Å². The number of pyridine rings is 1. The van der Waals surface area contributed by atoms with Crippen molar-refractivity contribution in [2.45, 2.75) is 32.1 Å². The van der Waals surface area contributed by atoms with E-state index in [0.717, 1.165) is 37.4 Å². The minimum absolute atomic E-state index is 0.0434. The Morgan fingerprint density at radius 1 is 1.37 bits per heavy atom. The molecule has 104 valence electrons. The van der Waals surface area contributed by atoms with Gasteiger partial charge < -0.3 is 16.0 Å². The van der Waals surface area contributed by atoms with Crippen LogP contribution in [0, 0.1) is 0 Å². The first-order valence-corrected chi connectivity index (χ1v) is 7.01. The first-order valence-electron chi connectivity index (χ1n) is 7.01. The number of rotatable bonds is 6. The van der Waals surface area contributed by atoms with Gasteiger partial charge in [-0.2, -0.15) is 0 Å². The molecule has 2 rings (SSSR count). The van der Waals surface area contributed by atoms with Gasteiger partial charge in [0.25, 0.3) is 0 Å². The third kappa shape index (κ3) is 3.92. The average Bonchev–Trinajstić information content (AvgIpc) is 2.93. The first kappa shape index (κ1) is 13.8. The van der Waals surface area contributed by atoms with Crippen LogP contribution in [0.15, 0.2) is 18.3 Å². The van der Waals surface area contributed by atoms with Gasteiger partial charge >= 0.3 is 0 Å². The second kappa shape index (κ2) is 7.09. The van der Waals surface area contributed by atoms with Crippen LogP contribution < -0.4 is 16.0 Å². The number of hydrogen-bond acceptors (Lipinski definition) is 4. The van der Waals surface area contributed by atoms with Crippen molar-refractivity contribution in [3.05, 3.63) is 18.3 Å². The van der Waals surface area contributed by atoms with Crippen molar-refractivity contribution in [2.75, 3.05) is 29.9 Å². The molecule has 5 heteroatoms. The first-order chi connectivity index (χ1) is 9.31. The zero-order valence-electron chi connectivity index (χ0n) is 11.3. The fraction of sp³-hybridized carbons (Fsp3) is 0.571. The van der Waals surface area contributed by atoms with E-state index in [1.807, 2.05) is 12.1 Å². The van der Waals surface area contributed by atoms with Gasteiger partial charge in [-0.25, -0.2) is 4.98 Å². The molecule has 2 heterocycles. The molecule has 1 aromatic heterocycles. The van der Waals surface area contributed by atoms with Crippen molar-refractivity contribution < 1.29 is 4.79 Å². The van der Waals surface area contributed by atoms with E-state index in [1.165, 1.54) is 12.8 Å². The van der Waals surface area contributed by atoms with E-state index in [9.17, 15) is 4.79 Å². The largest absolute Gasteiger partial charge is 0.355 e. The lowest BCUT2D eigenvalue weighted by Gasteiger charge is -2.19. The van der Waals surface area contributed by atoms with E-state index in [-0.39, 0.29) is 5.91 Å². The summed E-state index contributed by atoms with van der Waals surface area (Å²) in [6.45, 7) is 2.68. The van der Waals surface area contributed by atoms with Crippen molar-refractivity contribution in [1.29, 1.82) is 0 Å². The van der Waals surface area contributed by atoms with Crippen LogP contribution in [-0.4, -0.2) is 30.5 Å². The molecular weight excluding hydrogens is 240 g/mol. The maximum atomic E-state index is 11.9. The molecule has 0 saturated carbocycles. The Bertz CT molecular complexity index is 416. The van der Waals surface area contributed by atoms with Crippen molar-refractivity contribution in [1.82, 2.24) is 4.98 Å². The Kier molecular flexibility index (Phi) is 5.15. The van der Waals surface area contributed by atoms with E-state index in [1.54, 1.807) is 6.20 Å². The van der Waals surface area contributed by atoms with Gasteiger partial charge in [0.1, 0.15) is 0 Å². The molecule has 0 unspecified atom stereocenters. The number of anilines is 2. The Morgan fingerprint density at radius 2 is 2.16 bits per heavy atom. The molecule has 1 saturated heterocycles. The lowest BCUT2D eigenvalue weighted by molar-refractivity contribution is -0.116. The molecule has 0 aromatic carbocycles. The van der Waals surface area contributed by atoms with E-state index in [0.29, 0.717) is 13.0 Å². The Balaban J connectivity index is 1.97. The predicted octanol–water partition coefficient (Wildman–Crippen LogP) is 1.75. The molecule has 1 aliphatic heterocycles. The zero-order valence-corrected chi connectivity index (χ0v) is 11.3. The van der Waals surface area contributed by atoms with E-state index >= 15 is 0 Å². The number of aromatic nitrogens is 1. The molecule has 3 N–H and O–H groups in total. The van der Waals surface area contributed by atoms with Gasteiger partial charge in [0, 0.05) is 25.7 Å². The highest BCUT2D eigenvalue weighted by Gasteiger charge is 2.17. The number of hydrogen-bond donors (Lipinski definition) is 2. The molecule has 1 amide bonds. The van der Waals surface area contributed by atoms with Crippen LogP contribution in [0.3, 0.4) is 0 Å². The topological polar surface area (TPSA) is 71.2 Å². The third-order valence-corrected chi connectivity index (χ3v) is 3.32. The maximum absolute atomic E-state index is 11.9. The standard InChI is InChI=1S/C14H22N4O/c15-8-2-1-7-13(19)17-12-6-5-9-16-14(12)18-10-3-4-11-18/h5-6,9H,1-4,7-8,10-11,15H2,(H,17,19). The van der Waals surface area contributed by atoms with Crippen molar-refractivity contribution in [2.24, 2.45) is 5.73 Å². The zero-order chi connectivity index (χ0) is 13.5. The van der Waals surface area contributed by atoms with Gasteiger partial charge in [-0.15, -0.1) is 0 Å². The predicted molar refractivity (Wildman–Crippen MR) is 77.2 cm³/mol. The monoisotopic (exact) mass is 262 g/mol. The van der Waals surface area contributed by atoms with Crippen LogP contribution in [0.2, 0.25) is 0 Å². The highest BCUT2D eigenvalue weighted by molar-refractivity contribution is 5.93. The number of amides is 1. The number of nitrogens with two attached hydrogens (primary N) is 1. The Morgan fingerprint density at radius 3 is 2.89 bits per heavy atom. The fourth-order valence-corrected chi connectivity index (χ4v) is 2.32. The summed E-state index contributed by atoms with van der Waals surface area (Å²) in [6.07, 6.45) is 6.41. The van der Waals surface area contributed by atoms with Gasteiger partial charge in [0.15, 0.2) is 5.82 Å². The molecule has 0 aliphatic carbocycles. The summed E-state index contributed by atoms with van der Waals surface area (Å²) < 4.78 is 0. The quantitative estimate of drug-likeness (QED) is 0.766. The minimum atomic E-state index is 0.0434. The molecule has 1 fully saturated rings. The molecule has 19 heavy (non-hydrogen) atoms. The van der Waals surface area contributed by atoms with Gasteiger partial charge in [-0.3, -0.25) is 4.79 Å². The van der Waals surface area contributed by atoms with E-state index in [4.69, 9.17) is 5.73 Å². The van der Waals surface area contributed by atoms with E-state index in [2.05, 4.69) is 15.2 Å². The molecule has 0 radical (unpaired) electrons. The number of nitrogens with zero attached hydrogens (tertiary/aromatic N) is 2. The summed E-state index contributed by atoms with van der Waals surface area (Å²) in [4.78, 5) is 18.5. The highest BCUT2D eigenvalue weighted by Crippen LogP contribution is 2.26. The SMILES string of the molecule is NCCCCC(=O)Nc1cccnc1N1CCCC1. The summed E-state index contributed by atoms with van der Waals surface area (Å²) in [6, 6.07) is 3.77. The van der Waals surface area contributed by atoms with Gasteiger partial charge in [-0.1, -0.05) is 0 Å². The minimum Gasteiger partial charge on any atom is -0.355 e. The van der Waals surface area contributed by atoms with Crippen LogP contribution in [0.1, 0.15) is 32.1 Å². The molecule has 1 aliphatic rings. The van der Waals surface area contributed by atoms with Crippen LogP contribution in [0.5, 0.6) is 0 Å². The molecule has 0 spiro atoms. The van der Waals surface area contributed by atoms with Gasteiger partial charge in [-0.05, 0) is 44.4 Å². The molecular formula is C14H22N4O. The lowest BCUT2D eigenvalue weighted by atomic mass is 10.2. The number of unbranched alkanes of at least 4 members (excludes halogenated alkanes) is 1. The van der Waals surface area contributed by atoms with Crippen molar-refractivity contribution in [3.8, 4) is 0 Å². The number of nitrogens with one attached hydrogen (secondary N) is 1. The highest BCUT2D eigenvalue weighted by atomic mass is 16.1. The number of carbonyl (C=O) groups excluding carboxylic acids is 1. The summed E-state index contributed by atoms with van der Waals surface area (Å²) in [5.41, 5.74) is 6.25. The molecule has 5 nitrogen and oxygen atoms in total. The Labute approximate surface area is 114 Å². The fourth-order valence-electron chi connectivity index (χ4n) is 2.32. The second-order valence-electron chi connectivity index (χ2n) is 4.86. The van der Waals surface area contributed by atoms with Crippen LogP contribution in [0.25, 0.3) is 0 Å². The third-order valence-electron chi connectivity index (χ3n) is 3.32. The van der Waals surface area contributed by atoms with Gasteiger partial charge in [0.05, 0.1) is 5.69 Å². The molecule has 0 atom stereocenters. The van der Waals surface area contributed by atoms with Gasteiger partial charge in [0.2, 0.25) is 5.91 Å². The normalized spacial score (nSPS) is 14.7. The second-order valence-corrected chi connectivity index (χ2v) is 4.86. The lowest BCUT2D eigenvalue weighted by Crippen LogP contribution is -2.22. The smallest absolute Gasteiger partial charge is 0.224 e. The maximum Gasteiger partial charge on any atom is 0.224 e. The summed E-state index contributed by atoms with van der Waals surface area (Å²) in [5, 5.41) is 2.96. The van der Waals surface area contributed by atoms with Crippen LogP contribution in [0.4, 0.5) is 11.5 Å². The Hall–Kier alpha value is -1.62. The number of carbonyl (C=O) groups is 1. The summed E-state index contributed by atoms with van der Waals surface area (Å²) in [5.74, 6) is 0.939. The average molecular weight is 262 g/mol. The van der Waals surface area contributed by atoms with Crippen LogP contribution >= 0.6 is 0 Å².